The second-order valence-electron chi connectivity index (χ2n) is 8.87. The molecule has 30 heavy (non-hydrogen) atoms. The molecule has 0 radical (unpaired) electrons. The van der Waals surface area contributed by atoms with Crippen LogP contribution < -0.4 is 51.4 Å². The van der Waals surface area contributed by atoms with E-state index in [9.17, 15) is 18.1 Å². The van der Waals surface area contributed by atoms with Crippen LogP contribution >= 0.6 is 0 Å². The third-order valence-electron chi connectivity index (χ3n) is 5.99. The van der Waals surface area contributed by atoms with Gasteiger partial charge < -0.3 is 9.66 Å². The van der Waals surface area contributed by atoms with Gasteiger partial charge in [0.05, 0.1) is 16.2 Å². The van der Waals surface area contributed by atoms with E-state index in [4.69, 9.17) is 0 Å². The summed E-state index contributed by atoms with van der Waals surface area (Å²) in [6.45, 7) is 4.35. The third-order valence-corrected chi connectivity index (χ3v) is 7.28. The summed E-state index contributed by atoms with van der Waals surface area (Å²) >= 11 is 0. The maximum atomic E-state index is 11.4. The van der Waals surface area contributed by atoms with Crippen molar-refractivity contribution in [3.63, 3.8) is 0 Å². The molecule has 0 saturated heterocycles. The van der Waals surface area contributed by atoms with Crippen LogP contribution in [0.3, 0.4) is 0 Å². The zero-order chi connectivity index (χ0) is 21.8. The first-order chi connectivity index (χ1) is 13.9. The average Bonchev–Trinajstić information content (AvgIpc) is 2.67. The summed E-state index contributed by atoms with van der Waals surface area (Å²) in [6, 6.07) is 0. The van der Waals surface area contributed by atoms with Gasteiger partial charge in [-0.05, 0) is 25.7 Å². The topological polar surface area (TPSA) is 77.4 Å². The van der Waals surface area contributed by atoms with Crippen molar-refractivity contribution < 1.29 is 69.5 Å². The van der Waals surface area contributed by atoms with Crippen LogP contribution in [0, 0.1) is 0 Å². The zero-order valence-corrected chi connectivity index (χ0v) is 24.3. The van der Waals surface area contributed by atoms with Crippen molar-refractivity contribution in [2.24, 2.45) is 0 Å². The molecule has 0 aliphatic heterocycles. The summed E-state index contributed by atoms with van der Waals surface area (Å²) in [5, 5.41) is 9.36. The molecule has 0 fully saturated rings. The average molecular weight is 473 g/mol. The smallest absolute Gasteiger partial charge is 0.748 e. The molecule has 0 aromatic rings. The van der Waals surface area contributed by atoms with Crippen LogP contribution in [0.25, 0.3) is 0 Å². The van der Waals surface area contributed by atoms with Gasteiger partial charge in [0.25, 0.3) is 0 Å². The van der Waals surface area contributed by atoms with Crippen molar-refractivity contribution in [3.8, 4) is 0 Å². The van der Waals surface area contributed by atoms with E-state index in [-0.39, 0.29) is 57.5 Å². The van der Waals surface area contributed by atoms with Crippen molar-refractivity contribution >= 4 is 10.1 Å². The number of hydrogen-bond acceptors (Lipinski definition) is 4. The molecule has 176 valence electrons. The number of unbranched alkanes of at least 4 members (excludes halogenated alkanes) is 13. The molecule has 4 nitrogen and oxygen atoms in total. The van der Waals surface area contributed by atoms with Gasteiger partial charge in [0.2, 0.25) is 0 Å². The van der Waals surface area contributed by atoms with Gasteiger partial charge >= 0.3 is 51.4 Å². The molecule has 0 spiro atoms. The van der Waals surface area contributed by atoms with E-state index in [0.29, 0.717) is 12.8 Å². The number of hydrogen-bond donors (Lipinski definition) is 1. The fourth-order valence-corrected chi connectivity index (χ4v) is 4.91. The van der Waals surface area contributed by atoms with Crippen molar-refractivity contribution in [2.75, 3.05) is 0 Å². The van der Waals surface area contributed by atoms with E-state index in [1.165, 1.54) is 32.1 Å². The standard InChI is InChI=1S/C24H50O4S.K/c1-3-5-7-9-12-15-19-23(25)20-16-13-10-11-14-18-22-24(29(26,27)28)21-17-8-6-4-2;/h23-25H,3-22H2,1-2H3,(H,26,27,28);/q;+1/p-1. The molecule has 0 aliphatic carbocycles. The fraction of sp³-hybridized carbons (Fsp3) is 1.00. The first-order valence-electron chi connectivity index (χ1n) is 12.5. The van der Waals surface area contributed by atoms with Gasteiger partial charge in [-0.3, -0.25) is 0 Å². The third kappa shape index (κ3) is 22.7. The van der Waals surface area contributed by atoms with Crippen molar-refractivity contribution in [3.05, 3.63) is 0 Å². The van der Waals surface area contributed by atoms with E-state index in [0.717, 1.165) is 83.5 Å². The number of aliphatic hydroxyl groups is 1. The van der Waals surface area contributed by atoms with Crippen LogP contribution in [0.2, 0.25) is 0 Å². The summed E-state index contributed by atoms with van der Waals surface area (Å²) in [4.78, 5) is 0. The molecule has 1 N–H and O–H groups in total. The minimum atomic E-state index is -4.16. The van der Waals surface area contributed by atoms with Crippen LogP contribution in [0.1, 0.15) is 142 Å². The Balaban J connectivity index is 0. The molecular weight excluding hydrogens is 423 g/mol. The second-order valence-corrected chi connectivity index (χ2v) is 10.5. The minimum absolute atomic E-state index is 0. The van der Waals surface area contributed by atoms with Gasteiger partial charge in [-0.25, -0.2) is 8.42 Å². The van der Waals surface area contributed by atoms with E-state index in [2.05, 4.69) is 13.8 Å². The summed E-state index contributed by atoms with van der Waals surface area (Å²) in [6.07, 6.45) is 20.7. The van der Waals surface area contributed by atoms with Crippen LogP contribution in [0.5, 0.6) is 0 Å². The van der Waals surface area contributed by atoms with Gasteiger partial charge in [-0.15, -0.1) is 0 Å². The van der Waals surface area contributed by atoms with E-state index >= 15 is 0 Å². The Morgan fingerprint density at radius 1 is 0.600 bits per heavy atom. The summed E-state index contributed by atoms with van der Waals surface area (Å²) in [5.74, 6) is 0. The SMILES string of the molecule is CCCCCCCCC(O)CCCCCCCCC(CCCCCC)S(=O)(=O)[O-].[K+]. The molecule has 0 aliphatic rings. The predicted molar refractivity (Wildman–Crippen MR) is 123 cm³/mol. The molecule has 2 atom stereocenters. The molecular formula is C24H49KO4S. The second kappa shape index (κ2) is 23.7. The van der Waals surface area contributed by atoms with E-state index < -0.39 is 15.4 Å². The minimum Gasteiger partial charge on any atom is -0.748 e. The van der Waals surface area contributed by atoms with E-state index in [1.807, 2.05) is 0 Å². The van der Waals surface area contributed by atoms with Gasteiger partial charge in [0, 0.05) is 5.25 Å². The first kappa shape index (κ1) is 33.7. The molecule has 0 saturated carbocycles. The van der Waals surface area contributed by atoms with Gasteiger partial charge in [0.15, 0.2) is 0 Å². The van der Waals surface area contributed by atoms with Crippen molar-refractivity contribution in [1.82, 2.24) is 0 Å². The molecule has 2 unspecified atom stereocenters. The fourth-order valence-electron chi connectivity index (χ4n) is 4.00. The summed E-state index contributed by atoms with van der Waals surface area (Å²) in [5.41, 5.74) is 0. The quantitative estimate of drug-likeness (QED) is 0.146. The number of rotatable bonds is 22. The van der Waals surface area contributed by atoms with Crippen LogP contribution in [0.15, 0.2) is 0 Å². The van der Waals surface area contributed by atoms with Crippen molar-refractivity contribution in [2.45, 2.75) is 154 Å². The maximum Gasteiger partial charge on any atom is 1.00 e. The molecule has 0 aromatic heterocycles. The van der Waals surface area contributed by atoms with Crippen LogP contribution in [0.4, 0.5) is 0 Å². The Kier molecular flexibility index (Phi) is 26.6. The maximum absolute atomic E-state index is 11.4. The molecule has 0 aromatic carbocycles. The Morgan fingerprint density at radius 2 is 0.900 bits per heavy atom. The Bertz CT molecular complexity index is 442. The monoisotopic (exact) mass is 472 g/mol. The first-order valence-corrected chi connectivity index (χ1v) is 14.0. The van der Waals surface area contributed by atoms with E-state index in [1.54, 1.807) is 0 Å². The normalized spacial score (nSPS) is 13.7. The molecule has 0 heterocycles. The van der Waals surface area contributed by atoms with Gasteiger partial charge in [-0.2, -0.15) is 0 Å². The van der Waals surface area contributed by atoms with Crippen molar-refractivity contribution in [1.29, 1.82) is 0 Å². The molecule has 0 amide bonds. The Hall–Kier alpha value is 1.51. The zero-order valence-electron chi connectivity index (χ0n) is 20.4. The summed E-state index contributed by atoms with van der Waals surface area (Å²) in [7, 11) is -4.16. The largest absolute Gasteiger partial charge is 1.00 e. The van der Waals surface area contributed by atoms with Crippen LogP contribution in [-0.4, -0.2) is 29.4 Å². The Morgan fingerprint density at radius 3 is 1.27 bits per heavy atom. The predicted octanol–water partition coefficient (Wildman–Crippen LogP) is 4.11. The molecule has 0 bridgehead atoms. The number of aliphatic hydroxyl groups excluding tert-OH is 1. The molecule has 6 heteroatoms. The van der Waals surface area contributed by atoms with Gasteiger partial charge in [-0.1, -0.05) is 117 Å². The van der Waals surface area contributed by atoms with Gasteiger partial charge in [0.1, 0.15) is 0 Å². The molecule has 0 rings (SSSR count). The Labute approximate surface area is 230 Å². The summed E-state index contributed by atoms with van der Waals surface area (Å²) < 4.78 is 34.3. The van der Waals surface area contributed by atoms with Crippen LogP contribution in [-0.2, 0) is 10.1 Å².